The maximum Gasteiger partial charge on any atom is 0.0598 e. The van der Waals surface area contributed by atoms with E-state index in [0.29, 0.717) is 0 Å². The second kappa shape index (κ2) is 7.92. The SMILES string of the molecule is C#CCN1CCC(NC(CC)C2CCCCC2)CC1. The lowest BCUT2D eigenvalue weighted by atomic mass is 9.82. The van der Waals surface area contributed by atoms with Gasteiger partial charge in [0.1, 0.15) is 0 Å². The second-order valence-electron chi connectivity index (χ2n) is 6.33. The number of terminal acetylenes is 1. The summed E-state index contributed by atoms with van der Waals surface area (Å²) in [5.74, 6) is 3.69. The van der Waals surface area contributed by atoms with Crippen molar-refractivity contribution in [1.29, 1.82) is 0 Å². The average molecular weight is 262 g/mol. The van der Waals surface area contributed by atoms with E-state index in [2.05, 4.69) is 23.1 Å². The van der Waals surface area contributed by atoms with Gasteiger partial charge in [-0.3, -0.25) is 4.90 Å². The fraction of sp³-hybridized carbons (Fsp3) is 0.882. The van der Waals surface area contributed by atoms with Crippen LogP contribution in [0.3, 0.4) is 0 Å². The van der Waals surface area contributed by atoms with Crippen molar-refractivity contribution in [2.45, 2.75) is 70.4 Å². The van der Waals surface area contributed by atoms with Gasteiger partial charge in [0.25, 0.3) is 0 Å². The molecule has 0 aromatic heterocycles. The summed E-state index contributed by atoms with van der Waals surface area (Å²) in [6.45, 7) is 5.51. The molecule has 1 aliphatic carbocycles. The van der Waals surface area contributed by atoms with Gasteiger partial charge in [-0.2, -0.15) is 0 Å². The molecule has 0 bridgehead atoms. The Labute approximate surface area is 119 Å². The molecule has 0 aromatic rings. The minimum absolute atomic E-state index is 0.723. The third kappa shape index (κ3) is 4.51. The smallest absolute Gasteiger partial charge is 0.0598 e. The van der Waals surface area contributed by atoms with Gasteiger partial charge in [-0.05, 0) is 38.0 Å². The summed E-state index contributed by atoms with van der Waals surface area (Å²) < 4.78 is 0. The quantitative estimate of drug-likeness (QED) is 0.766. The van der Waals surface area contributed by atoms with Gasteiger partial charge in [0, 0.05) is 25.2 Å². The van der Waals surface area contributed by atoms with Crippen LogP contribution >= 0.6 is 0 Å². The number of nitrogens with one attached hydrogen (secondary N) is 1. The van der Waals surface area contributed by atoms with Crippen molar-refractivity contribution in [3.63, 3.8) is 0 Å². The molecule has 1 heterocycles. The predicted octanol–water partition coefficient (Wildman–Crippen LogP) is 3.03. The van der Waals surface area contributed by atoms with E-state index in [-0.39, 0.29) is 0 Å². The maximum atomic E-state index is 5.39. The molecule has 2 aliphatic rings. The van der Waals surface area contributed by atoms with E-state index in [1.165, 1.54) is 64.5 Å². The number of piperidine rings is 1. The Morgan fingerprint density at radius 2 is 1.84 bits per heavy atom. The van der Waals surface area contributed by atoms with E-state index < -0.39 is 0 Å². The molecule has 19 heavy (non-hydrogen) atoms. The van der Waals surface area contributed by atoms with E-state index in [9.17, 15) is 0 Å². The summed E-state index contributed by atoms with van der Waals surface area (Å²) in [6.07, 6.45) is 16.5. The van der Waals surface area contributed by atoms with Crippen LogP contribution in [-0.4, -0.2) is 36.6 Å². The first kappa shape index (κ1) is 14.9. The van der Waals surface area contributed by atoms with Crippen LogP contribution in [0.15, 0.2) is 0 Å². The molecule has 2 rings (SSSR count). The van der Waals surface area contributed by atoms with Gasteiger partial charge in [-0.15, -0.1) is 6.42 Å². The van der Waals surface area contributed by atoms with E-state index in [0.717, 1.165) is 24.5 Å². The standard InChI is InChI=1S/C17H30N2/c1-3-12-19-13-10-16(11-14-19)18-17(4-2)15-8-6-5-7-9-15/h1,15-18H,4-14H2,2H3. The van der Waals surface area contributed by atoms with Crippen molar-refractivity contribution in [2.75, 3.05) is 19.6 Å². The third-order valence-corrected chi connectivity index (χ3v) is 5.01. The topological polar surface area (TPSA) is 15.3 Å². The number of hydrogen-bond donors (Lipinski definition) is 1. The van der Waals surface area contributed by atoms with Gasteiger partial charge < -0.3 is 5.32 Å². The zero-order valence-corrected chi connectivity index (χ0v) is 12.5. The predicted molar refractivity (Wildman–Crippen MR) is 82.1 cm³/mol. The van der Waals surface area contributed by atoms with E-state index in [4.69, 9.17) is 6.42 Å². The molecular weight excluding hydrogens is 232 g/mol. The van der Waals surface area contributed by atoms with E-state index in [1.807, 2.05) is 0 Å². The lowest BCUT2D eigenvalue weighted by Gasteiger charge is -2.37. The highest BCUT2D eigenvalue weighted by Gasteiger charge is 2.26. The molecule has 2 heteroatoms. The normalized spacial score (nSPS) is 25.1. The van der Waals surface area contributed by atoms with Gasteiger partial charge in [0.15, 0.2) is 0 Å². The van der Waals surface area contributed by atoms with Gasteiger partial charge >= 0.3 is 0 Å². The summed E-state index contributed by atoms with van der Waals surface area (Å²) in [7, 11) is 0. The largest absolute Gasteiger partial charge is 0.311 e. The summed E-state index contributed by atoms with van der Waals surface area (Å²) in [5.41, 5.74) is 0. The van der Waals surface area contributed by atoms with Gasteiger partial charge in [0.2, 0.25) is 0 Å². The molecule has 0 spiro atoms. The molecular formula is C17H30N2. The van der Waals surface area contributed by atoms with Gasteiger partial charge in [-0.25, -0.2) is 0 Å². The molecule has 1 unspecified atom stereocenters. The van der Waals surface area contributed by atoms with Crippen molar-refractivity contribution >= 4 is 0 Å². The number of nitrogens with zero attached hydrogens (tertiary/aromatic N) is 1. The monoisotopic (exact) mass is 262 g/mol. The van der Waals surface area contributed by atoms with Crippen LogP contribution < -0.4 is 5.32 Å². The Morgan fingerprint density at radius 3 is 2.42 bits per heavy atom. The van der Waals surface area contributed by atoms with Crippen LogP contribution in [0.2, 0.25) is 0 Å². The fourth-order valence-corrected chi connectivity index (χ4v) is 3.81. The van der Waals surface area contributed by atoms with Crippen molar-refractivity contribution < 1.29 is 0 Å². The lowest BCUT2D eigenvalue weighted by Crippen LogP contribution is -2.48. The molecule has 108 valence electrons. The van der Waals surface area contributed by atoms with Crippen molar-refractivity contribution in [3.05, 3.63) is 0 Å². The Balaban J connectivity index is 1.75. The van der Waals surface area contributed by atoms with Crippen LogP contribution in [0.5, 0.6) is 0 Å². The first-order valence-corrected chi connectivity index (χ1v) is 8.25. The summed E-state index contributed by atoms with van der Waals surface area (Å²) >= 11 is 0. The Kier molecular flexibility index (Phi) is 6.20. The molecule has 0 aromatic carbocycles. The molecule has 1 atom stereocenters. The molecule has 0 amide bonds. The fourth-order valence-electron chi connectivity index (χ4n) is 3.81. The highest BCUT2D eigenvalue weighted by Crippen LogP contribution is 2.28. The first-order chi connectivity index (χ1) is 9.33. The number of hydrogen-bond acceptors (Lipinski definition) is 2. The van der Waals surface area contributed by atoms with Crippen LogP contribution in [0.25, 0.3) is 0 Å². The van der Waals surface area contributed by atoms with Crippen LogP contribution in [0, 0.1) is 18.3 Å². The van der Waals surface area contributed by atoms with E-state index >= 15 is 0 Å². The molecule has 1 saturated heterocycles. The van der Waals surface area contributed by atoms with Crippen LogP contribution in [0.1, 0.15) is 58.3 Å². The Hall–Kier alpha value is -0.520. The van der Waals surface area contributed by atoms with Crippen molar-refractivity contribution in [3.8, 4) is 12.3 Å². The highest BCUT2D eigenvalue weighted by molar-refractivity contribution is 4.91. The average Bonchev–Trinajstić information content (AvgIpc) is 2.48. The zero-order chi connectivity index (χ0) is 13.5. The molecule has 1 aliphatic heterocycles. The van der Waals surface area contributed by atoms with Crippen LogP contribution in [0.4, 0.5) is 0 Å². The summed E-state index contributed by atoms with van der Waals surface area (Å²) in [6, 6.07) is 1.48. The molecule has 2 fully saturated rings. The van der Waals surface area contributed by atoms with E-state index in [1.54, 1.807) is 0 Å². The lowest BCUT2D eigenvalue weighted by molar-refractivity contribution is 0.182. The van der Waals surface area contributed by atoms with Crippen molar-refractivity contribution in [2.24, 2.45) is 5.92 Å². The number of likely N-dealkylation sites (tertiary alicyclic amines) is 1. The summed E-state index contributed by atoms with van der Waals surface area (Å²) in [5, 5.41) is 3.96. The molecule has 1 saturated carbocycles. The van der Waals surface area contributed by atoms with Crippen molar-refractivity contribution in [1.82, 2.24) is 10.2 Å². The molecule has 2 nitrogen and oxygen atoms in total. The third-order valence-electron chi connectivity index (χ3n) is 5.01. The zero-order valence-electron chi connectivity index (χ0n) is 12.5. The minimum Gasteiger partial charge on any atom is -0.311 e. The molecule has 0 radical (unpaired) electrons. The second-order valence-corrected chi connectivity index (χ2v) is 6.33. The first-order valence-electron chi connectivity index (χ1n) is 8.25. The van der Waals surface area contributed by atoms with Gasteiger partial charge in [0.05, 0.1) is 6.54 Å². The number of rotatable bonds is 5. The Morgan fingerprint density at radius 1 is 1.16 bits per heavy atom. The minimum atomic E-state index is 0.723. The van der Waals surface area contributed by atoms with Crippen LogP contribution in [-0.2, 0) is 0 Å². The molecule has 1 N–H and O–H groups in total. The maximum absolute atomic E-state index is 5.39. The Bertz CT molecular complexity index is 280. The van der Waals surface area contributed by atoms with Gasteiger partial charge in [-0.1, -0.05) is 32.1 Å². The summed E-state index contributed by atoms with van der Waals surface area (Å²) in [4.78, 5) is 2.40. The highest BCUT2D eigenvalue weighted by atomic mass is 15.1.